The van der Waals surface area contributed by atoms with Crippen LogP contribution in [0.15, 0.2) is 35.3 Å². The number of hydrogen-bond acceptors (Lipinski definition) is 16. The second kappa shape index (κ2) is 36.3. The van der Waals surface area contributed by atoms with Crippen LogP contribution in [0.1, 0.15) is 175 Å². The zero-order valence-corrected chi connectivity index (χ0v) is 42.5. The highest BCUT2D eigenvalue weighted by Crippen LogP contribution is 2.38. The van der Waals surface area contributed by atoms with Crippen molar-refractivity contribution in [1.29, 1.82) is 10.5 Å². The summed E-state index contributed by atoms with van der Waals surface area (Å²) < 4.78 is 0. The summed E-state index contributed by atoms with van der Waals surface area (Å²) in [6, 6.07) is 6.53. The summed E-state index contributed by atoms with van der Waals surface area (Å²) in [7, 11) is 0. The number of anilines is 5. The van der Waals surface area contributed by atoms with E-state index in [1.165, 1.54) is 89.6 Å². The van der Waals surface area contributed by atoms with E-state index in [1.54, 1.807) is 0 Å². The van der Waals surface area contributed by atoms with Gasteiger partial charge in [-0.25, -0.2) is 20.1 Å². The average molecular weight is 927 g/mol. The molecule has 0 saturated carbocycles. The number of aromatic nitrogens is 8. The van der Waals surface area contributed by atoms with Gasteiger partial charge in [-0.3, -0.25) is 5.10 Å². The first-order chi connectivity index (χ1) is 32.2. The van der Waals surface area contributed by atoms with Crippen molar-refractivity contribution in [1.82, 2.24) is 46.5 Å². The molecule has 0 aliphatic carbocycles. The highest BCUT2D eigenvalue weighted by Gasteiger charge is 2.20. The molecule has 0 radical (unpaired) electrons. The summed E-state index contributed by atoms with van der Waals surface area (Å²) in [6.07, 6.45) is 23.3. The van der Waals surface area contributed by atoms with Crippen LogP contribution in [0.5, 0.6) is 0 Å². The van der Waals surface area contributed by atoms with Crippen molar-refractivity contribution < 1.29 is 0 Å². The number of azo groups is 1. The summed E-state index contributed by atoms with van der Waals surface area (Å²) in [5.74, 6) is 5.19. The molecule has 372 valence electrons. The molecule has 0 aromatic carbocycles. The molecule has 4 atom stereocenters. The normalized spacial score (nSPS) is 12.5. The van der Waals surface area contributed by atoms with Crippen LogP contribution >= 0.6 is 0 Å². The minimum Gasteiger partial charge on any atom is -0.396 e. The number of pyridine rings is 2. The molecule has 0 spiro atoms. The number of aryl methyl sites for hydroxylation is 1. The lowest BCUT2D eigenvalue weighted by atomic mass is 9.99. The highest BCUT2D eigenvalue weighted by atomic mass is 15.3. The van der Waals surface area contributed by atoms with E-state index in [4.69, 9.17) is 15.7 Å². The quantitative estimate of drug-likeness (QED) is 0.0226. The second-order valence-corrected chi connectivity index (χ2v) is 17.1. The third-order valence-corrected chi connectivity index (χ3v) is 12.0. The van der Waals surface area contributed by atoms with Gasteiger partial charge in [-0.05, 0) is 67.9 Å². The summed E-state index contributed by atoms with van der Waals surface area (Å²) in [5.41, 5.74) is 8.95. The van der Waals surface area contributed by atoms with Crippen LogP contribution in [0.25, 0.3) is 0 Å². The Kier molecular flexibility index (Phi) is 32.0. The Balaban J connectivity index is 0.000000608. The molecule has 4 aromatic heterocycles. The molecule has 0 amide bonds. The van der Waals surface area contributed by atoms with Crippen LogP contribution < -0.4 is 33.2 Å². The molecule has 0 aliphatic rings. The molecule has 0 saturated heterocycles. The predicted octanol–water partition coefficient (Wildman–Crippen LogP) is 12.8. The first-order valence-corrected chi connectivity index (χ1v) is 24.8. The third kappa shape index (κ3) is 22.4. The number of nitriles is 2. The number of nitrogen functional groups attached to an aromatic ring is 1. The average Bonchev–Trinajstić information content (AvgIpc) is 4.11. The number of unbranched alkanes of at least 4 members (excludes halogenated alkanes) is 4. The minimum absolute atomic E-state index is 0. The van der Waals surface area contributed by atoms with Crippen molar-refractivity contribution in [3.8, 4) is 12.1 Å². The maximum atomic E-state index is 9.85. The van der Waals surface area contributed by atoms with E-state index in [0.717, 1.165) is 75.5 Å². The van der Waals surface area contributed by atoms with Crippen molar-refractivity contribution >= 4 is 40.6 Å². The maximum Gasteiger partial charge on any atom is 0.264 e. The van der Waals surface area contributed by atoms with Gasteiger partial charge in [0.15, 0.2) is 11.5 Å². The fourth-order valence-electron chi connectivity index (χ4n) is 7.35. The van der Waals surface area contributed by atoms with Crippen molar-refractivity contribution in [3.05, 3.63) is 41.7 Å². The summed E-state index contributed by atoms with van der Waals surface area (Å²) >= 11 is 0. The van der Waals surface area contributed by atoms with E-state index in [0.29, 0.717) is 46.6 Å². The molecule has 11 N–H and O–H groups in total. The standard InChI is InChI=1S/C24H40N10.C23H40N4.C2H3N3.H3N/c1-5-9-11-17(7-3)14-27-22-19(13-25)20(26)21(32-34-24-29-16-30-33-24)23(31-22)28-15-18(8-4)12-10-6-2;1-6-10-12-19(8-3)16-25-22-14-18(5)21(15-24)23(27-22)26-17-20(9-4)13-11-7-2;1-3-2-5-4-1;/h16-18H,5-12,14-15H2,1-4H3,(H,29,30,33)(H4,26,27,28,31);14,19-20H,6-13,16-17H2,1-5H3,(H2,25,26,27);1-2H,(H,3,4,5);1H3. The molecule has 4 aromatic rings. The Labute approximate surface area is 402 Å². The number of nitrogens with two attached hydrogens (primary N) is 1. The summed E-state index contributed by atoms with van der Waals surface area (Å²) in [5, 5.41) is 54.0. The second-order valence-electron chi connectivity index (χ2n) is 17.1. The number of aromatic amines is 2. The van der Waals surface area contributed by atoms with Gasteiger partial charge in [-0.1, -0.05) is 132 Å². The molecular weight excluding hydrogens is 841 g/mol. The zero-order chi connectivity index (χ0) is 48.4. The highest BCUT2D eigenvalue weighted by molar-refractivity contribution is 5.84. The number of hydrogen-bond donors (Lipinski definition) is 8. The van der Waals surface area contributed by atoms with E-state index < -0.39 is 0 Å². The van der Waals surface area contributed by atoms with Crippen molar-refractivity contribution in [3.63, 3.8) is 0 Å². The van der Waals surface area contributed by atoms with Crippen LogP contribution in [0, 0.1) is 53.3 Å². The lowest BCUT2D eigenvalue weighted by molar-refractivity contribution is 0.471. The Morgan fingerprint density at radius 1 is 0.627 bits per heavy atom. The fourth-order valence-corrected chi connectivity index (χ4v) is 7.35. The first kappa shape index (κ1) is 59.1. The van der Waals surface area contributed by atoms with Gasteiger partial charge < -0.3 is 33.2 Å². The Hall–Kier alpha value is -5.88. The Morgan fingerprint density at radius 3 is 1.49 bits per heavy atom. The Morgan fingerprint density at radius 2 is 1.10 bits per heavy atom. The van der Waals surface area contributed by atoms with E-state index in [2.05, 4.69) is 129 Å². The van der Waals surface area contributed by atoms with Crippen LogP contribution in [0.2, 0.25) is 0 Å². The molecule has 4 rings (SSSR count). The number of rotatable bonds is 30. The smallest absolute Gasteiger partial charge is 0.264 e. The molecule has 4 heterocycles. The SMILES string of the molecule is CCCCC(CC)CNc1cc(C)c(C#N)c(NCC(CC)CCCC)n1.CCCCC(CC)CNc1nc(NCC(CC)CCCC)c(N=Nc2ncn[nH]2)c(N)c1C#N.N.c1nc[nH]n1. The molecular formula is C49H86N18. The van der Waals surface area contributed by atoms with Crippen LogP contribution in [-0.4, -0.2) is 66.5 Å². The molecule has 18 nitrogen and oxygen atoms in total. The van der Waals surface area contributed by atoms with Gasteiger partial charge in [0.25, 0.3) is 5.95 Å². The number of nitrogens with zero attached hydrogens (tertiary/aromatic N) is 10. The summed E-state index contributed by atoms with van der Waals surface area (Å²) in [6.45, 7) is 23.1. The predicted molar refractivity (Wildman–Crippen MR) is 276 cm³/mol. The van der Waals surface area contributed by atoms with Crippen LogP contribution in [-0.2, 0) is 0 Å². The van der Waals surface area contributed by atoms with Crippen molar-refractivity contribution in [2.75, 3.05) is 53.2 Å². The number of nitrogens with one attached hydrogen (secondary N) is 6. The van der Waals surface area contributed by atoms with Crippen molar-refractivity contribution in [2.45, 2.75) is 165 Å². The van der Waals surface area contributed by atoms with E-state index in [9.17, 15) is 10.5 Å². The lowest BCUT2D eigenvalue weighted by Gasteiger charge is -2.20. The molecule has 67 heavy (non-hydrogen) atoms. The molecule has 4 unspecified atom stereocenters. The van der Waals surface area contributed by atoms with Gasteiger partial charge in [-0.2, -0.15) is 25.7 Å². The topological polar surface area (TPSA) is 290 Å². The largest absolute Gasteiger partial charge is 0.396 e. The van der Waals surface area contributed by atoms with Crippen molar-refractivity contribution in [2.24, 2.45) is 33.9 Å². The van der Waals surface area contributed by atoms with Crippen LogP contribution in [0.3, 0.4) is 0 Å². The zero-order valence-electron chi connectivity index (χ0n) is 42.5. The van der Waals surface area contributed by atoms with E-state index in [-0.39, 0.29) is 23.3 Å². The van der Waals surface area contributed by atoms with Gasteiger partial charge in [0, 0.05) is 26.2 Å². The first-order valence-electron chi connectivity index (χ1n) is 24.8. The lowest BCUT2D eigenvalue weighted by Crippen LogP contribution is -2.18. The number of H-pyrrole nitrogens is 2. The minimum atomic E-state index is 0. The maximum absolute atomic E-state index is 9.85. The molecule has 0 bridgehead atoms. The van der Waals surface area contributed by atoms with Crippen LogP contribution in [0.4, 0.5) is 40.6 Å². The molecule has 0 aliphatic heterocycles. The monoisotopic (exact) mass is 927 g/mol. The van der Waals surface area contributed by atoms with Gasteiger partial charge >= 0.3 is 0 Å². The molecule has 0 fully saturated rings. The summed E-state index contributed by atoms with van der Waals surface area (Å²) in [4.78, 5) is 17.0. The van der Waals surface area contributed by atoms with E-state index >= 15 is 0 Å². The Bertz CT molecular complexity index is 1930. The van der Waals surface area contributed by atoms with Gasteiger partial charge in [0.2, 0.25) is 0 Å². The van der Waals surface area contributed by atoms with Gasteiger partial charge in [0.05, 0.1) is 11.3 Å². The third-order valence-electron chi connectivity index (χ3n) is 12.0. The fraction of sp³-hybridized carbons (Fsp3) is 0.673. The van der Waals surface area contributed by atoms with Gasteiger partial charge in [-0.15, -0.1) is 10.2 Å². The molecule has 18 heteroatoms. The van der Waals surface area contributed by atoms with E-state index in [1.807, 2.05) is 13.0 Å². The van der Waals surface area contributed by atoms with Gasteiger partial charge in [0.1, 0.15) is 54.1 Å².